The van der Waals surface area contributed by atoms with Crippen LogP contribution in [0.5, 0.6) is 0 Å². The van der Waals surface area contributed by atoms with Crippen molar-refractivity contribution < 1.29 is 13.9 Å². The lowest BCUT2D eigenvalue weighted by Gasteiger charge is -2.28. The lowest BCUT2D eigenvalue weighted by Crippen LogP contribution is -2.33. The highest BCUT2D eigenvalue weighted by atomic mass is 32.2. The van der Waals surface area contributed by atoms with Gasteiger partial charge in [0.15, 0.2) is 0 Å². The predicted molar refractivity (Wildman–Crippen MR) is 99.4 cm³/mol. The van der Waals surface area contributed by atoms with Crippen LogP contribution in [0.2, 0.25) is 0 Å². The highest BCUT2D eigenvalue weighted by Crippen LogP contribution is 2.25. The normalized spacial score (nSPS) is 14.5. The summed E-state index contributed by atoms with van der Waals surface area (Å²) in [6, 6.07) is 4.67. The van der Waals surface area contributed by atoms with Gasteiger partial charge in [-0.15, -0.1) is 0 Å². The molecular weight excluding hydrogens is 327 g/mol. The monoisotopic (exact) mass is 348 g/mol. The summed E-state index contributed by atoms with van der Waals surface area (Å²) in [5.41, 5.74) is 1.56. The fourth-order valence-electron chi connectivity index (χ4n) is 2.21. The van der Waals surface area contributed by atoms with E-state index >= 15 is 0 Å². The van der Waals surface area contributed by atoms with E-state index in [9.17, 15) is 9.18 Å². The maximum Gasteiger partial charge on any atom is 0.411 e. The van der Waals surface area contributed by atoms with Gasteiger partial charge in [-0.1, -0.05) is 31.4 Å². The van der Waals surface area contributed by atoms with Crippen LogP contribution < -0.4 is 10.2 Å². The Morgan fingerprint density at radius 2 is 2.17 bits per heavy atom. The Morgan fingerprint density at radius 3 is 2.83 bits per heavy atom. The van der Waals surface area contributed by atoms with Crippen LogP contribution in [0.4, 0.5) is 20.6 Å². The average Bonchev–Trinajstić information content (AvgIpc) is 2.59. The van der Waals surface area contributed by atoms with Gasteiger partial charge in [-0.25, -0.2) is 9.18 Å². The highest BCUT2D eigenvalue weighted by Gasteiger charge is 2.15. The number of thioether (sulfide) groups is 1. The van der Waals surface area contributed by atoms with Crippen molar-refractivity contribution >= 4 is 29.2 Å². The summed E-state index contributed by atoms with van der Waals surface area (Å²) in [7, 11) is 0. The lowest BCUT2D eigenvalue weighted by atomic mass is 10.2. The summed E-state index contributed by atoms with van der Waals surface area (Å²) in [6.45, 7) is 9.00. The second kappa shape index (κ2) is 9.17. The fourth-order valence-corrected chi connectivity index (χ4v) is 3.11. The molecule has 24 heavy (non-hydrogen) atoms. The summed E-state index contributed by atoms with van der Waals surface area (Å²) >= 11 is 1.87. The molecule has 0 saturated carbocycles. The molecule has 1 saturated heterocycles. The van der Waals surface area contributed by atoms with Gasteiger partial charge in [0.2, 0.25) is 0 Å². The number of rotatable bonds is 6. The molecule has 6 heteroatoms. The van der Waals surface area contributed by atoms with E-state index in [0.29, 0.717) is 16.9 Å². The summed E-state index contributed by atoms with van der Waals surface area (Å²) in [5, 5.41) is 2.52. The fraction of sp³-hybridized carbons (Fsp3) is 0.278. The van der Waals surface area contributed by atoms with E-state index in [1.165, 1.54) is 6.07 Å². The van der Waals surface area contributed by atoms with Gasteiger partial charge < -0.3 is 9.64 Å². The first-order valence-electron chi connectivity index (χ1n) is 7.63. The second-order valence-corrected chi connectivity index (χ2v) is 6.44. The van der Waals surface area contributed by atoms with E-state index in [4.69, 9.17) is 4.74 Å². The molecule has 1 aliphatic rings. The molecule has 1 aromatic carbocycles. The van der Waals surface area contributed by atoms with Crippen LogP contribution in [-0.4, -0.2) is 37.3 Å². The summed E-state index contributed by atoms with van der Waals surface area (Å²) in [5.74, 6) is 1.64. The molecule has 1 heterocycles. The van der Waals surface area contributed by atoms with Gasteiger partial charge in [0.1, 0.15) is 12.4 Å². The zero-order valence-electron chi connectivity index (χ0n) is 13.5. The molecule has 0 unspecified atom stereocenters. The van der Waals surface area contributed by atoms with Crippen LogP contribution in [0.15, 0.2) is 55.2 Å². The molecule has 0 aromatic heterocycles. The Labute approximate surface area is 146 Å². The van der Waals surface area contributed by atoms with E-state index in [0.717, 1.165) is 24.6 Å². The Balaban J connectivity index is 1.89. The van der Waals surface area contributed by atoms with Crippen molar-refractivity contribution in [1.82, 2.24) is 0 Å². The van der Waals surface area contributed by atoms with Crippen LogP contribution in [-0.2, 0) is 4.74 Å². The minimum atomic E-state index is -0.648. The van der Waals surface area contributed by atoms with Crippen molar-refractivity contribution in [3.8, 4) is 0 Å². The van der Waals surface area contributed by atoms with E-state index in [2.05, 4.69) is 18.5 Å². The van der Waals surface area contributed by atoms with E-state index in [1.807, 2.05) is 16.7 Å². The average molecular weight is 348 g/mol. The number of carbonyl (C=O) groups excluding carboxylic acids is 1. The molecule has 4 nitrogen and oxygen atoms in total. The smallest absolute Gasteiger partial charge is 0.411 e. The van der Waals surface area contributed by atoms with Crippen molar-refractivity contribution in [2.24, 2.45) is 0 Å². The van der Waals surface area contributed by atoms with Gasteiger partial charge in [-0.05, 0) is 23.8 Å². The number of benzene rings is 1. The van der Waals surface area contributed by atoms with Crippen molar-refractivity contribution in [3.05, 3.63) is 61.0 Å². The Hall–Kier alpha value is -2.21. The standard InChI is InChI=1S/C18H21FN2O2S/c1-3-4-5-14(2)13-23-18(22)20-15-6-7-17(16(19)12-15)21-8-10-24-11-9-21/h3-7,12H,1-2,8-11,13H2,(H,20,22)/b5-4-. The van der Waals surface area contributed by atoms with Crippen LogP contribution in [0.1, 0.15) is 0 Å². The number of halogens is 1. The molecule has 1 N–H and O–H groups in total. The predicted octanol–water partition coefficient (Wildman–Crippen LogP) is 4.23. The van der Waals surface area contributed by atoms with E-state index < -0.39 is 6.09 Å². The van der Waals surface area contributed by atoms with Crippen LogP contribution in [0.25, 0.3) is 0 Å². The quantitative estimate of drug-likeness (QED) is 0.782. The number of ether oxygens (including phenoxy) is 1. The second-order valence-electron chi connectivity index (χ2n) is 5.22. The minimum Gasteiger partial charge on any atom is -0.444 e. The van der Waals surface area contributed by atoms with Gasteiger partial charge >= 0.3 is 6.09 Å². The maximum atomic E-state index is 14.3. The molecule has 1 fully saturated rings. The first-order chi connectivity index (χ1) is 11.6. The topological polar surface area (TPSA) is 41.6 Å². The van der Waals surface area contributed by atoms with Crippen LogP contribution >= 0.6 is 11.8 Å². The van der Waals surface area contributed by atoms with Gasteiger partial charge in [0.25, 0.3) is 0 Å². The Kier molecular flexibility index (Phi) is 6.93. The first kappa shape index (κ1) is 18.1. The number of amides is 1. The molecule has 1 amide bonds. The molecule has 1 aliphatic heterocycles. The van der Waals surface area contributed by atoms with Crippen molar-refractivity contribution in [2.45, 2.75) is 0 Å². The zero-order chi connectivity index (χ0) is 17.4. The number of nitrogens with zero attached hydrogens (tertiary/aromatic N) is 1. The summed E-state index contributed by atoms with van der Waals surface area (Å²) in [6.07, 6.45) is 4.36. The highest BCUT2D eigenvalue weighted by molar-refractivity contribution is 7.99. The number of anilines is 2. The molecule has 2 rings (SSSR count). The van der Waals surface area contributed by atoms with Crippen molar-refractivity contribution in [3.63, 3.8) is 0 Å². The number of nitrogens with one attached hydrogen (secondary N) is 1. The number of hydrogen-bond donors (Lipinski definition) is 1. The third-order valence-corrected chi connectivity index (χ3v) is 4.35. The van der Waals surface area contributed by atoms with Crippen LogP contribution in [0, 0.1) is 5.82 Å². The molecule has 0 spiro atoms. The summed E-state index contributed by atoms with van der Waals surface area (Å²) in [4.78, 5) is 13.8. The molecule has 0 aliphatic carbocycles. The molecule has 128 valence electrons. The SMILES string of the molecule is C=C/C=C\C(=C)COC(=O)Nc1ccc(N2CCSCC2)c(F)c1. The van der Waals surface area contributed by atoms with E-state index in [1.54, 1.807) is 30.4 Å². The lowest BCUT2D eigenvalue weighted by molar-refractivity contribution is 0.172. The maximum absolute atomic E-state index is 14.3. The molecule has 0 radical (unpaired) electrons. The Morgan fingerprint density at radius 1 is 1.42 bits per heavy atom. The zero-order valence-corrected chi connectivity index (χ0v) is 14.3. The Bertz CT molecular complexity index is 640. The molecule has 1 aromatic rings. The summed E-state index contributed by atoms with van der Waals surface area (Å²) < 4.78 is 19.3. The van der Waals surface area contributed by atoms with Crippen molar-refractivity contribution in [1.29, 1.82) is 0 Å². The minimum absolute atomic E-state index is 0.0577. The molecule has 0 atom stereocenters. The largest absolute Gasteiger partial charge is 0.444 e. The third kappa shape index (κ3) is 5.45. The van der Waals surface area contributed by atoms with Crippen LogP contribution in [0.3, 0.4) is 0 Å². The number of carbonyl (C=O) groups is 1. The third-order valence-electron chi connectivity index (χ3n) is 3.40. The number of allylic oxidation sites excluding steroid dienone is 2. The van der Waals surface area contributed by atoms with Crippen molar-refractivity contribution in [2.75, 3.05) is 41.4 Å². The number of hydrogen-bond acceptors (Lipinski definition) is 4. The molecular formula is C18H21FN2O2S. The van der Waals surface area contributed by atoms with E-state index in [-0.39, 0.29) is 12.4 Å². The van der Waals surface area contributed by atoms with Gasteiger partial charge in [0, 0.05) is 30.3 Å². The first-order valence-corrected chi connectivity index (χ1v) is 8.78. The van der Waals surface area contributed by atoms with Gasteiger partial charge in [0.05, 0.1) is 5.69 Å². The molecule has 0 bridgehead atoms. The van der Waals surface area contributed by atoms with Gasteiger partial charge in [-0.2, -0.15) is 11.8 Å². The van der Waals surface area contributed by atoms with Gasteiger partial charge in [-0.3, -0.25) is 5.32 Å².